The van der Waals surface area contributed by atoms with Gasteiger partial charge in [-0.2, -0.15) is 0 Å². The van der Waals surface area contributed by atoms with E-state index in [-0.39, 0.29) is 17.9 Å². The van der Waals surface area contributed by atoms with Crippen molar-refractivity contribution in [2.45, 2.75) is 6.42 Å². The Bertz CT molecular complexity index is 512. The fourth-order valence-electron chi connectivity index (χ4n) is 1.46. The van der Waals surface area contributed by atoms with Crippen molar-refractivity contribution in [3.8, 4) is 0 Å². The highest BCUT2D eigenvalue weighted by molar-refractivity contribution is 7.94. The Hall–Kier alpha value is -1.43. The van der Waals surface area contributed by atoms with E-state index < -0.39 is 21.7 Å². The third-order valence-electron chi connectivity index (χ3n) is 2.15. The Labute approximate surface area is 86.4 Å². The van der Waals surface area contributed by atoms with Gasteiger partial charge in [-0.25, -0.2) is 17.1 Å². The first-order valence-corrected chi connectivity index (χ1v) is 5.93. The Morgan fingerprint density at radius 2 is 1.93 bits per heavy atom. The Kier molecular flexibility index (Phi) is 2.22. The Balaban J connectivity index is 2.56. The summed E-state index contributed by atoms with van der Waals surface area (Å²) in [6.45, 7) is 0. The smallest absolute Gasteiger partial charge is 0.242 e. The number of benzene rings is 1. The number of amides is 1. The number of carbonyl (C=O) groups is 1. The molecule has 0 radical (unpaired) electrons. The van der Waals surface area contributed by atoms with Crippen molar-refractivity contribution < 1.29 is 17.6 Å². The second-order valence-corrected chi connectivity index (χ2v) is 5.11. The molecule has 6 heteroatoms. The van der Waals surface area contributed by atoms with Crippen molar-refractivity contribution in [3.05, 3.63) is 30.1 Å². The lowest BCUT2D eigenvalue weighted by atomic mass is 10.3. The second kappa shape index (κ2) is 3.30. The minimum atomic E-state index is -3.67. The summed E-state index contributed by atoms with van der Waals surface area (Å²) in [5.41, 5.74) is -0.194. The molecule has 0 aliphatic carbocycles. The molecule has 0 spiro atoms. The summed E-state index contributed by atoms with van der Waals surface area (Å²) in [6, 6.07) is 5.32. The number of para-hydroxylation sites is 1. The van der Waals surface area contributed by atoms with Crippen molar-refractivity contribution in [1.82, 2.24) is 0 Å². The molecular weight excluding hydrogens is 221 g/mol. The molecule has 1 aliphatic heterocycles. The van der Waals surface area contributed by atoms with Gasteiger partial charge in [0.2, 0.25) is 15.9 Å². The average Bonchev–Trinajstić information content (AvgIpc) is 2.43. The lowest BCUT2D eigenvalue weighted by Crippen LogP contribution is -2.30. The molecule has 0 bridgehead atoms. The van der Waals surface area contributed by atoms with E-state index in [0.29, 0.717) is 4.31 Å². The first-order valence-electron chi connectivity index (χ1n) is 4.33. The third-order valence-corrected chi connectivity index (χ3v) is 3.83. The zero-order valence-electron chi connectivity index (χ0n) is 7.68. The molecule has 1 amide bonds. The molecule has 4 nitrogen and oxygen atoms in total. The van der Waals surface area contributed by atoms with Crippen LogP contribution in [0.5, 0.6) is 0 Å². The van der Waals surface area contributed by atoms with Crippen LogP contribution in [-0.2, 0) is 14.8 Å². The molecule has 0 unspecified atom stereocenters. The number of hydrogen-bond acceptors (Lipinski definition) is 3. The first kappa shape index (κ1) is 10.1. The first-order chi connectivity index (χ1) is 7.02. The van der Waals surface area contributed by atoms with Gasteiger partial charge in [-0.1, -0.05) is 12.1 Å². The van der Waals surface area contributed by atoms with Gasteiger partial charge in [0.1, 0.15) is 5.82 Å². The Morgan fingerprint density at radius 3 is 2.47 bits per heavy atom. The van der Waals surface area contributed by atoms with Crippen molar-refractivity contribution in [1.29, 1.82) is 0 Å². The minimum absolute atomic E-state index is 0.0866. The zero-order valence-corrected chi connectivity index (χ0v) is 8.50. The van der Waals surface area contributed by atoms with Gasteiger partial charge in [0, 0.05) is 6.42 Å². The molecule has 1 aromatic carbocycles. The summed E-state index contributed by atoms with van der Waals surface area (Å²) >= 11 is 0. The number of rotatable bonds is 1. The molecule has 0 aromatic heterocycles. The summed E-state index contributed by atoms with van der Waals surface area (Å²) < 4.78 is 36.8. The predicted molar refractivity (Wildman–Crippen MR) is 52.3 cm³/mol. The average molecular weight is 229 g/mol. The normalized spacial score (nSPS) is 19.5. The second-order valence-electron chi connectivity index (χ2n) is 3.18. The fourth-order valence-corrected chi connectivity index (χ4v) is 2.93. The molecule has 80 valence electrons. The summed E-state index contributed by atoms with van der Waals surface area (Å²) in [4.78, 5) is 11.3. The topological polar surface area (TPSA) is 54.5 Å². The molecule has 1 heterocycles. The standard InChI is InChI=1S/C9H8FNO3S/c10-7-3-1-2-4-8(7)11-9(12)5-6-15(11,13)14/h1-4H,5-6H2. The number of nitrogens with zero attached hydrogens (tertiary/aromatic N) is 1. The number of anilines is 1. The monoisotopic (exact) mass is 229 g/mol. The number of hydrogen-bond donors (Lipinski definition) is 0. The molecule has 2 rings (SSSR count). The molecular formula is C9H8FNO3S. The maximum atomic E-state index is 13.3. The molecule has 1 aliphatic rings. The highest BCUT2D eigenvalue weighted by Crippen LogP contribution is 2.27. The van der Waals surface area contributed by atoms with Gasteiger partial charge in [-0.15, -0.1) is 0 Å². The van der Waals surface area contributed by atoms with Crippen molar-refractivity contribution >= 4 is 21.6 Å². The summed E-state index contributed by atoms with van der Waals surface area (Å²) in [6.07, 6.45) is -0.0866. The number of carbonyl (C=O) groups excluding carboxylic acids is 1. The van der Waals surface area contributed by atoms with Gasteiger partial charge >= 0.3 is 0 Å². The van der Waals surface area contributed by atoms with Crippen LogP contribution < -0.4 is 4.31 Å². The van der Waals surface area contributed by atoms with Gasteiger partial charge < -0.3 is 0 Å². The molecule has 1 saturated heterocycles. The fraction of sp³-hybridized carbons (Fsp3) is 0.222. The van der Waals surface area contributed by atoms with Gasteiger partial charge in [0.25, 0.3) is 0 Å². The Morgan fingerprint density at radius 1 is 1.27 bits per heavy atom. The maximum Gasteiger partial charge on any atom is 0.242 e. The SMILES string of the molecule is O=C1CCS(=O)(=O)N1c1ccccc1F. The molecule has 0 atom stereocenters. The van der Waals surface area contributed by atoms with Crippen molar-refractivity contribution in [2.75, 3.05) is 10.1 Å². The van der Waals surface area contributed by atoms with Crippen LogP contribution >= 0.6 is 0 Å². The summed E-state index contributed by atoms with van der Waals surface area (Å²) in [5.74, 6) is -1.54. The molecule has 15 heavy (non-hydrogen) atoms. The van der Waals surface area contributed by atoms with Crippen LogP contribution in [-0.4, -0.2) is 20.1 Å². The van der Waals surface area contributed by atoms with Crippen LogP contribution in [0.1, 0.15) is 6.42 Å². The van der Waals surface area contributed by atoms with E-state index >= 15 is 0 Å². The van der Waals surface area contributed by atoms with E-state index in [1.54, 1.807) is 0 Å². The van der Waals surface area contributed by atoms with Crippen LogP contribution in [0.3, 0.4) is 0 Å². The molecule has 1 fully saturated rings. The maximum absolute atomic E-state index is 13.3. The van der Waals surface area contributed by atoms with Gasteiger partial charge in [0.05, 0.1) is 11.4 Å². The van der Waals surface area contributed by atoms with Crippen LogP contribution in [0, 0.1) is 5.82 Å². The van der Waals surface area contributed by atoms with E-state index in [1.165, 1.54) is 18.2 Å². The lowest BCUT2D eigenvalue weighted by molar-refractivity contribution is -0.116. The summed E-state index contributed by atoms with van der Waals surface area (Å²) in [7, 11) is -3.67. The predicted octanol–water partition coefficient (Wildman–Crippen LogP) is 0.892. The van der Waals surface area contributed by atoms with Gasteiger partial charge in [-0.3, -0.25) is 4.79 Å². The van der Waals surface area contributed by atoms with Crippen LogP contribution in [0.25, 0.3) is 0 Å². The van der Waals surface area contributed by atoms with Crippen molar-refractivity contribution in [3.63, 3.8) is 0 Å². The quantitative estimate of drug-likeness (QED) is 0.718. The van der Waals surface area contributed by atoms with Crippen molar-refractivity contribution in [2.24, 2.45) is 0 Å². The number of halogens is 1. The zero-order chi connectivity index (χ0) is 11.1. The van der Waals surface area contributed by atoms with E-state index in [2.05, 4.69) is 0 Å². The summed E-state index contributed by atoms with van der Waals surface area (Å²) in [5, 5.41) is 0. The van der Waals surface area contributed by atoms with E-state index in [9.17, 15) is 17.6 Å². The van der Waals surface area contributed by atoms with E-state index in [1.807, 2.05) is 0 Å². The van der Waals surface area contributed by atoms with Crippen LogP contribution in [0.4, 0.5) is 10.1 Å². The van der Waals surface area contributed by atoms with Crippen LogP contribution in [0.15, 0.2) is 24.3 Å². The van der Waals surface area contributed by atoms with E-state index in [4.69, 9.17) is 0 Å². The molecule has 0 N–H and O–H groups in total. The van der Waals surface area contributed by atoms with Gasteiger partial charge in [0.15, 0.2) is 0 Å². The van der Waals surface area contributed by atoms with Gasteiger partial charge in [-0.05, 0) is 12.1 Å². The third kappa shape index (κ3) is 1.61. The highest BCUT2D eigenvalue weighted by atomic mass is 32.2. The largest absolute Gasteiger partial charge is 0.273 e. The lowest BCUT2D eigenvalue weighted by Gasteiger charge is -2.15. The van der Waals surface area contributed by atoms with Crippen LogP contribution in [0.2, 0.25) is 0 Å². The minimum Gasteiger partial charge on any atom is -0.273 e. The number of sulfonamides is 1. The highest BCUT2D eigenvalue weighted by Gasteiger charge is 2.37. The molecule has 0 saturated carbocycles. The molecule has 1 aromatic rings. The van der Waals surface area contributed by atoms with E-state index in [0.717, 1.165) is 6.07 Å².